The van der Waals surface area contributed by atoms with Crippen LogP contribution in [0.3, 0.4) is 0 Å². The fraction of sp³-hybridized carbons (Fsp3) is 0.308. The molecule has 0 aliphatic heterocycles. The molecule has 17 heavy (non-hydrogen) atoms. The molecule has 0 N–H and O–H groups in total. The Morgan fingerprint density at radius 3 is 2.47 bits per heavy atom. The molecule has 0 bridgehead atoms. The lowest BCUT2D eigenvalue weighted by molar-refractivity contribution is 0.735. The molecule has 2 rings (SSSR count). The van der Waals surface area contributed by atoms with Crippen molar-refractivity contribution in [2.45, 2.75) is 20.4 Å². The van der Waals surface area contributed by atoms with Gasteiger partial charge in [-0.25, -0.2) is 0 Å². The largest absolute Gasteiger partial charge is 0.317 e. The fourth-order valence-corrected chi connectivity index (χ4v) is 2.77. The first kappa shape index (κ1) is 14.2. The Bertz CT molecular complexity index is 514. The highest BCUT2D eigenvalue weighted by Crippen LogP contribution is 2.19. The van der Waals surface area contributed by atoms with E-state index in [9.17, 15) is 0 Å². The molecule has 0 spiro atoms. The van der Waals surface area contributed by atoms with E-state index in [1.807, 2.05) is 6.07 Å². The SMILES string of the molecule is Br.CCN=c1scc(-c2ccccc2)n1CC. The number of thiazole rings is 1. The van der Waals surface area contributed by atoms with E-state index in [0.717, 1.165) is 17.9 Å². The van der Waals surface area contributed by atoms with Crippen LogP contribution < -0.4 is 4.80 Å². The molecule has 1 aromatic heterocycles. The summed E-state index contributed by atoms with van der Waals surface area (Å²) in [6.45, 7) is 6.04. The van der Waals surface area contributed by atoms with Crippen molar-refractivity contribution in [3.05, 3.63) is 40.5 Å². The van der Waals surface area contributed by atoms with E-state index in [2.05, 4.69) is 53.1 Å². The topological polar surface area (TPSA) is 17.3 Å². The molecule has 2 nitrogen and oxygen atoms in total. The van der Waals surface area contributed by atoms with Gasteiger partial charge in [0, 0.05) is 18.5 Å². The maximum Gasteiger partial charge on any atom is 0.185 e. The summed E-state index contributed by atoms with van der Waals surface area (Å²) in [7, 11) is 0. The van der Waals surface area contributed by atoms with Crippen LogP contribution in [-0.4, -0.2) is 11.1 Å². The van der Waals surface area contributed by atoms with Crippen molar-refractivity contribution in [2.75, 3.05) is 6.54 Å². The minimum Gasteiger partial charge on any atom is -0.317 e. The van der Waals surface area contributed by atoms with Crippen LogP contribution in [0.4, 0.5) is 0 Å². The van der Waals surface area contributed by atoms with Crippen LogP contribution in [-0.2, 0) is 6.54 Å². The van der Waals surface area contributed by atoms with Gasteiger partial charge in [0.1, 0.15) is 0 Å². The van der Waals surface area contributed by atoms with Gasteiger partial charge in [-0.3, -0.25) is 4.99 Å². The summed E-state index contributed by atoms with van der Waals surface area (Å²) < 4.78 is 2.27. The number of halogens is 1. The Kier molecular flexibility index (Phi) is 5.65. The van der Waals surface area contributed by atoms with Crippen LogP contribution in [0.25, 0.3) is 11.3 Å². The Labute approximate surface area is 116 Å². The average molecular weight is 313 g/mol. The number of nitrogens with zero attached hydrogens (tertiary/aromatic N) is 2. The van der Waals surface area contributed by atoms with Crippen molar-refractivity contribution in [2.24, 2.45) is 4.99 Å². The van der Waals surface area contributed by atoms with Crippen LogP contribution in [0.1, 0.15) is 13.8 Å². The summed E-state index contributed by atoms with van der Waals surface area (Å²) in [6.07, 6.45) is 0. The lowest BCUT2D eigenvalue weighted by atomic mass is 10.2. The lowest BCUT2D eigenvalue weighted by Crippen LogP contribution is -2.14. The molecule has 0 aliphatic carbocycles. The predicted molar refractivity (Wildman–Crippen MR) is 79.8 cm³/mol. The molecular weight excluding hydrogens is 296 g/mol. The van der Waals surface area contributed by atoms with Crippen molar-refractivity contribution < 1.29 is 0 Å². The first-order chi connectivity index (χ1) is 7.86. The molecule has 0 saturated heterocycles. The van der Waals surface area contributed by atoms with Gasteiger partial charge in [-0.1, -0.05) is 30.3 Å². The van der Waals surface area contributed by atoms with Crippen molar-refractivity contribution in [1.29, 1.82) is 0 Å². The monoisotopic (exact) mass is 312 g/mol. The van der Waals surface area contributed by atoms with Crippen LogP contribution in [0.5, 0.6) is 0 Å². The van der Waals surface area contributed by atoms with E-state index in [0.29, 0.717) is 0 Å². The van der Waals surface area contributed by atoms with Gasteiger partial charge < -0.3 is 4.57 Å². The maximum absolute atomic E-state index is 4.51. The summed E-state index contributed by atoms with van der Waals surface area (Å²) in [5.41, 5.74) is 2.53. The second-order valence-corrected chi connectivity index (χ2v) is 4.32. The van der Waals surface area contributed by atoms with Gasteiger partial charge in [0.2, 0.25) is 0 Å². The normalized spacial score (nSPS) is 11.3. The van der Waals surface area contributed by atoms with E-state index in [-0.39, 0.29) is 17.0 Å². The molecule has 1 heterocycles. The van der Waals surface area contributed by atoms with Crippen LogP contribution >= 0.6 is 28.3 Å². The molecule has 0 amide bonds. The summed E-state index contributed by atoms with van der Waals surface area (Å²) in [5.74, 6) is 0. The summed E-state index contributed by atoms with van der Waals surface area (Å²) in [6, 6.07) is 10.5. The van der Waals surface area contributed by atoms with E-state index < -0.39 is 0 Å². The predicted octanol–water partition coefficient (Wildman–Crippen LogP) is 3.74. The molecule has 1 aromatic carbocycles. The Balaban J connectivity index is 0.00000144. The summed E-state index contributed by atoms with van der Waals surface area (Å²) in [5, 5.41) is 2.19. The number of aromatic nitrogens is 1. The van der Waals surface area contributed by atoms with Gasteiger partial charge in [-0.2, -0.15) is 0 Å². The summed E-state index contributed by atoms with van der Waals surface area (Å²) in [4.78, 5) is 5.62. The highest BCUT2D eigenvalue weighted by atomic mass is 79.9. The standard InChI is InChI=1S/C13H16N2S.BrH/c1-3-14-13-15(4-2)12(10-16-13)11-8-6-5-7-9-11;/h5-10H,3-4H2,1-2H3;1H. The van der Waals surface area contributed by atoms with Gasteiger partial charge in [-0.15, -0.1) is 28.3 Å². The van der Waals surface area contributed by atoms with E-state index in [1.54, 1.807) is 11.3 Å². The van der Waals surface area contributed by atoms with Crippen molar-refractivity contribution in [3.8, 4) is 11.3 Å². The minimum absolute atomic E-state index is 0. The fourth-order valence-electron chi connectivity index (χ4n) is 1.74. The van der Waals surface area contributed by atoms with Gasteiger partial charge in [-0.05, 0) is 19.4 Å². The molecule has 2 aromatic rings. The second kappa shape index (κ2) is 6.77. The van der Waals surface area contributed by atoms with Gasteiger partial charge in [0.15, 0.2) is 4.80 Å². The zero-order valence-corrected chi connectivity index (χ0v) is 12.6. The summed E-state index contributed by atoms with van der Waals surface area (Å²) >= 11 is 1.72. The third-order valence-electron chi connectivity index (χ3n) is 2.48. The van der Waals surface area contributed by atoms with Gasteiger partial charge in [0.05, 0.1) is 5.69 Å². The zero-order valence-electron chi connectivity index (χ0n) is 10.1. The Morgan fingerprint density at radius 2 is 1.88 bits per heavy atom. The molecule has 0 atom stereocenters. The molecule has 0 radical (unpaired) electrons. The Hall–Kier alpha value is -0.870. The van der Waals surface area contributed by atoms with E-state index >= 15 is 0 Å². The van der Waals surface area contributed by atoms with E-state index in [4.69, 9.17) is 0 Å². The number of benzene rings is 1. The van der Waals surface area contributed by atoms with Crippen molar-refractivity contribution >= 4 is 28.3 Å². The third kappa shape index (κ3) is 3.07. The van der Waals surface area contributed by atoms with Crippen molar-refractivity contribution in [1.82, 2.24) is 4.57 Å². The smallest absolute Gasteiger partial charge is 0.185 e. The maximum atomic E-state index is 4.51. The molecule has 0 saturated carbocycles. The Morgan fingerprint density at radius 1 is 1.18 bits per heavy atom. The van der Waals surface area contributed by atoms with Gasteiger partial charge >= 0.3 is 0 Å². The third-order valence-corrected chi connectivity index (χ3v) is 3.38. The number of rotatable bonds is 3. The molecule has 4 heteroatoms. The molecule has 0 aliphatic rings. The average Bonchev–Trinajstić information content (AvgIpc) is 2.73. The highest BCUT2D eigenvalue weighted by molar-refractivity contribution is 8.93. The quantitative estimate of drug-likeness (QED) is 0.821. The van der Waals surface area contributed by atoms with Gasteiger partial charge in [0.25, 0.3) is 0 Å². The number of hydrogen-bond donors (Lipinski definition) is 0. The van der Waals surface area contributed by atoms with Crippen LogP contribution in [0.2, 0.25) is 0 Å². The molecule has 0 unspecified atom stereocenters. The second-order valence-electron chi connectivity index (χ2n) is 3.49. The van der Waals surface area contributed by atoms with Crippen LogP contribution in [0, 0.1) is 0 Å². The highest BCUT2D eigenvalue weighted by Gasteiger charge is 2.04. The first-order valence-electron chi connectivity index (χ1n) is 5.61. The molecule has 0 fully saturated rings. The zero-order chi connectivity index (χ0) is 11.4. The molecular formula is C13H17BrN2S. The molecule has 92 valence electrons. The van der Waals surface area contributed by atoms with Crippen molar-refractivity contribution in [3.63, 3.8) is 0 Å². The lowest BCUT2D eigenvalue weighted by Gasteiger charge is -2.05. The van der Waals surface area contributed by atoms with Crippen LogP contribution in [0.15, 0.2) is 40.7 Å². The first-order valence-corrected chi connectivity index (χ1v) is 6.49. The van der Waals surface area contributed by atoms with E-state index in [1.165, 1.54) is 11.3 Å². The minimum atomic E-state index is 0. The number of hydrogen-bond acceptors (Lipinski definition) is 2.